The summed E-state index contributed by atoms with van der Waals surface area (Å²) < 4.78 is 19.2. The van der Waals surface area contributed by atoms with Crippen LogP contribution in [-0.2, 0) is 6.42 Å². The average molecular weight is 331 g/mol. The third-order valence-electron chi connectivity index (χ3n) is 4.34. The molecule has 0 spiro atoms. The van der Waals surface area contributed by atoms with E-state index in [-0.39, 0.29) is 6.03 Å². The fourth-order valence-corrected chi connectivity index (χ4v) is 3.07. The predicted molar refractivity (Wildman–Crippen MR) is 88.2 cm³/mol. The van der Waals surface area contributed by atoms with Gasteiger partial charge in [0.25, 0.3) is 0 Å². The molecule has 24 heavy (non-hydrogen) atoms. The summed E-state index contributed by atoms with van der Waals surface area (Å²) in [6.07, 6.45) is 5.62. The molecule has 3 atom stereocenters. The first kappa shape index (κ1) is 16.5. The molecule has 1 saturated carbocycles. The lowest BCUT2D eigenvalue weighted by Crippen LogP contribution is -2.48. The Morgan fingerprint density at radius 3 is 2.79 bits per heavy atom. The number of benzene rings is 1. The van der Waals surface area contributed by atoms with Crippen LogP contribution in [0.1, 0.15) is 43.2 Å². The van der Waals surface area contributed by atoms with Crippen molar-refractivity contribution in [2.24, 2.45) is 0 Å². The third kappa shape index (κ3) is 4.34. The summed E-state index contributed by atoms with van der Waals surface area (Å²) in [5.41, 5.74) is 1.06. The van der Waals surface area contributed by atoms with Gasteiger partial charge in [-0.2, -0.15) is 0 Å². The van der Waals surface area contributed by atoms with Gasteiger partial charge in [0.05, 0.1) is 12.2 Å². The molecule has 2 N–H and O–H groups in total. The Labute approximate surface area is 140 Å². The number of nitrogens with zero attached hydrogens (tertiary/aromatic N) is 1. The van der Waals surface area contributed by atoms with Gasteiger partial charge in [0.15, 0.2) is 0 Å². The average Bonchev–Trinajstić information content (AvgIpc) is 3.12. The van der Waals surface area contributed by atoms with Crippen molar-refractivity contribution in [2.45, 2.75) is 50.4 Å². The maximum atomic E-state index is 13.9. The molecule has 1 aliphatic carbocycles. The Kier molecular flexibility index (Phi) is 5.46. The Morgan fingerprint density at radius 2 is 2.08 bits per heavy atom. The maximum Gasteiger partial charge on any atom is 0.315 e. The van der Waals surface area contributed by atoms with Crippen LogP contribution >= 0.6 is 0 Å². The lowest BCUT2D eigenvalue weighted by Gasteiger charge is -2.27. The van der Waals surface area contributed by atoms with E-state index in [1.165, 1.54) is 6.26 Å². The van der Waals surface area contributed by atoms with E-state index in [1.54, 1.807) is 6.20 Å². The molecule has 5 nitrogen and oxygen atoms in total. The second-order valence-corrected chi connectivity index (χ2v) is 6.14. The Hall–Kier alpha value is -2.37. The molecule has 1 aliphatic rings. The quantitative estimate of drug-likeness (QED) is 0.880. The number of rotatable bonds is 5. The highest BCUT2D eigenvalue weighted by atomic mass is 19.1. The predicted octanol–water partition coefficient (Wildman–Crippen LogP) is 3.54. The van der Waals surface area contributed by atoms with Crippen molar-refractivity contribution in [3.8, 4) is 0 Å². The van der Waals surface area contributed by atoms with Crippen LogP contribution in [0, 0.1) is 0 Å². The van der Waals surface area contributed by atoms with E-state index in [2.05, 4.69) is 15.6 Å². The van der Waals surface area contributed by atoms with E-state index in [9.17, 15) is 9.18 Å². The smallest absolute Gasteiger partial charge is 0.315 e. The molecule has 0 aliphatic heterocycles. The number of halogens is 1. The molecule has 2 amide bonds. The molecule has 3 rings (SSSR count). The monoisotopic (exact) mass is 331 g/mol. The van der Waals surface area contributed by atoms with Crippen LogP contribution in [0.2, 0.25) is 0 Å². The number of carbonyl (C=O) groups excluding carboxylic acids is 1. The molecule has 0 bridgehead atoms. The minimum absolute atomic E-state index is 0.385. The number of hydrogen-bond donors (Lipinski definition) is 2. The molecule has 1 fully saturated rings. The zero-order valence-electron chi connectivity index (χ0n) is 13.5. The minimum Gasteiger partial charge on any atom is -0.447 e. The summed E-state index contributed by atoms with van der Waals surface area (Å²) in [6, 6.07) is 8.58. The van der Waals surface area contributed by atoms with Crippen molar-refractivity contribution in [2.75, 3.05) is 0 Å². The van der Waals surface area contributed by atoms with Gasteiger partial charge >= 0.3 is 6.03 Å². The summed E-state index contributed by atoms with van der Waals surface area (Å²) in [5.74, 6) is 0.439. The first-order valence-corrected chi connectivity index (χ1v) is 8.37. The van der Waals surface area contributed by atoms with Crippen LogP contribution in [-0.4, -0.2) is 23.2 Å². The fourth-order valence-electron chi connectivity index (χ4n) is 3.07. The number of carbonyl (C=O) groups is 1. The van der Waals surface area contributed by atoms with Gasteiger partial charge in [-0.1, -0.05) is 43.2 Å². The number of aromatic nitrogens is 1. The van der Waals surface area contributed by atoms with Gasteiger partial charge in [-0.05, 0) is 18.4 Å². The van der Waals surface area contributed by atoms with Gasteiger partial charge in [0.1, 0.15) is 18.5 Å². The number of oxazole rings is 1. The van der Waals surface area contributed by atoms with Gasteiger partial charge in [-0.3, -0.25) is 0 Å². The molecule has 0 radical (unpaired) electrons. The van der Waals surface area contributed by atoms with Crippen molar-refractivity contribution in [1.82, 2.24) is 15.6 Å². The number of alkyl halides is 1. The first-order valence-electron chi connectivity index (χ1n) is 8.37. The lowest BCUT2D eigenvalue weighted by molar-refractivity contribution is 0.180. The number of nitrogens with one attached hydrogen (secondary N) is 2. The van der Waals surface area contributed by atoms with Crippen LogP contribution in [0.25, 0.3) is 0 Å². The van der Waals surface area contributed by atoms with Gasteiger partial charge in [-0.15, -0.1) is 0 Å². The van der Waals surface area contributed by atoms with Gasteiger partial charge in [0, 0.05) is 6.42 Å². The zero-order chi connectivity index (χ0) is 16.8. The van der Waals surface area contributed by atoms with Crippen molar-refractivity contribution >= 4 is 6.03 Å². The summed E-state index contributed by atoms with van der Waals surface area (Å²) in [5, 5.41) is 5.62. The minimum atomic E-state index is -0.973. The van der Waals surface area contributed by atoms with Crippen LogP contribution in [0.3, 0.4) is 0 Å². The topological polar surface area (TPSA) is 67.2 Å². The molecule has 6 heteroatoms. The van der Waals surface area contributed by atoms with Gasteiger partial charge in [0.2, 0.25) is 5.89 Å². The number of hydrogen-bond acceptors (Lipinski definition) is 3. The zero-order valence-corrected chi connectivity index (χ0v) is 13.5. The van der Waals surface area contributed by atoms with Crippen molar-refractivity contribution < 1.29 is 13.6 Å². The SMILES string of the molecule is O=C(NC(Cc1ccccc1)c1ncco1)N[C@@H]1CCCC[C@H]1F. The molecule has 128 valence electrons. The van der Waals surface area contributed by atoms with Crippen molar-refractivity contribution in [1.29, 1.82) is 0 Å². The first-order chi connectivity index (χ1) is 11.7. The standard InChI is InChI=1S/C18H22FN3O2/c19-14-8-4-5-9-15(14)21-18(23)22-16(17-20-10-11-24-17)12-13-6-2-1-3-7-13/h1-3,6-7,10-11,14-16H,4-5,8-9,12H2,(H2,21,22,23)/t14-,15-,16?/m1/s1. The van der Waals surface area contributed by atoms with Crippen LogP contribution < -0.4 is 10.6 Å². The third-order valence-corrected chi connectivity index (χ3v) is 4.34. The fraction of sp³-hybridized carbons (Fsp3) is 0.444. The summed E-state index contributed by atoms with van der Waals surface area (Å²) in [7, 11) is 0. The van der Waals surface area contributed by atoms with Crippen LogP contribution in [0.4, 0.5) is 9.18 Å². The second kappa shape index (κ2) is 7.95. The van der Waals surface area contributed by atoms with E-state index >= 15 is 0 Å². The van der Waals surface area contributed by atoms with Gasteiger partial charge < -0.3 is 15.1 Å². The molecule has 1 aromatic heterocycles. The maximum absolute atomic E-state index is 13.9. The molecular weight excluding hydrogens is 309 g/mol. The Balaban J connectivity index is 1.64. The molecule has 1 heterocycles. The molecule has 1 aromatic carbocycles. The summed E-state index contributed by atoms with van der Waals surface area (Å²) in [4.78, 5) is 16.4. The highest BCUT2D eigenvalue weighted by Gasteiger charge is 2.27. The lowest BCUT2D eigenvalue weighted by atomic mass is 9.94. The van der Waals surface area contributed by atoms with Crippen LogP contribution in [0.15, 0.2) is 47.2 Å². The van der Waals surface area contributed by atoms with E-state index in [4.69, 9.17) is 4.42 Å². The van der Waals surface area contributed by atoms with Crippen LogP contribution in [0.5, 0.6) is 0 Å². The van der Waals surface area contributed by atoms with E-state index in [0.29, 0.717) is 25.2 Å². The molecule has 1 unspecified atom stereocenters. The normalized spacial score (nSPS) is 21.9. The molecular formula is C18H22FN3O2. The molecule has 0 saturated heterocycles. The largest absolute Gasteiger partial charge is 0.447 e. The van der Waals surface area contributed by atoms with E-state index in [0.717, 1.165) is 18.4 Å². The summed E-state index contributed by atoms with van der Waals surface area (Å²) >= 11 is 0. The molecule has 2 aromatic rings. The number of urea groups is 1. The second-order valence-electron chi connectivity index (χ2n) is 6.14. The Bertz CT molecular complexity index is 633. The van der Waals surface area contributed by atoms with E-state index < -0.39 is 18.3 Å². The van der Waals surface area contributed by atoms with Crippen molar-refractivity contribution in [3.63, 3.8) is 0 Å². The number of amides is 2. The highest BCUT2D eigenvalue weighted by molar-refractivity contribution is 5.74. The van der Waals surface area contributed by atoms with E-state index in [1.807, 2.05) is 30.3 Å². The summed E-state index contributed by atoms with van der Waals surface area (Å²) in [6.45, 7) is 0. The Morgan fingerprint density at radius 1 is 1.29 bits per heavy atom. The van der Waals surface area contributed by atoms with Crippen molar-refractivity contribution in [3.05, 3.63) is 54.2 Å². The highest BCUT2D eigenvalue weighted by Crippen LogP contribution is 2.21. The van der Waals surface area contributed by atoms with Gasteiger partial charge in [-0.25, -0.2) is 14.2 Å².